The first-order valence-corrected chi connectivity index (χ1v) is 9.02. The maximum atomic E-state index is 12.4. The second kappa shape index (κ2) is 7.59. The van der Waals surface area contributed by atoms with Crippen molar-refractivity contribution in [3.63, 3.8) is 0 Å². The zero-order valence-electron chi connectivity index (χ0n) is 14.1. The number of hydrogen-bond donors (Lipinski definition) is 2. The van der Waals surface area contributed by atoms with Gasteiger partial charge in [0.25, 0.3) is 5.91 Å². The fraction of sp³-hybridized carbons (Fsp3) is 0.200. The number of benzene rings is 2. The van der Waals surface area contributed by atoms with Crippen molar-refractivity contribution < 1.29 is 9.90 Å². The van der Waals surface area contributed by atoms with E-state index in [0.29, 0.717) is 16.6 Å². The number of carbonyl (C=O) groups is 1. The van der Waals surface area contributed by atoms with Gasteiger partial charge in [0.1, 0.15) is 16.8 Å². The summed E-state index contributed by atoms with van der Waals surface area (Å²) in [5.41, 5.74) is 3.02. The van der Waals surface area contributed by atoms with Crippen LogP contribution in [0.5, 0.6) is 0 Å². The van der Waals surface area contributed by atoms with Crippen LogP contribution >= 0.6 is 11.3 Å². The molecule has 1 aromatic heterocycles. The lowest BCUT2D eigenvalue weighted by Crippen LogP contribution is -2.12. The maximum Gasteiger partial charge on any atom is 0.275 e. The summed E-state index contributed by atoms with van der Waals surface area (Å²) in [6.45, 7) is 4.25. The van der Waals surface area contributed by atoms with E-state index >= 15 is 0 Å². The van der Waals surface area contributed by atoms with E-state index in [4.69, 9.17) is 0 Å². The van der Waals surface area contributed by atoms with Crippen LogP contribution in [0.15, 0.2) is 60.0 Å². The van der Waals surface area contributed by atoms with E-state index in [1.165, 1.54) is 16.9 Å². The minimum atomic E-state index is -0.821. The van der Waals surface area contributed by atoms with Crippen LogP contribution in [0.2, 0.25) is 0 Å². The topological polar surface area (TPSA) is 62.2 Å². The minimum absolute atomic E-state index is 0.278. The molecule has 25 heavy (non-hydrogen) atoms. The molecule has 0 aliphatic carbocycles. The molecule has 2 N–H and O–H groups in total. The quantitative estimate of drug-likeness (QED) is 0.705. The number of hydrogen-bond acceptors (Lipinski definition) is 4. The first-order chi connectivity index (χ1) is 12.0. The Hall–Kier alpha value is -2.50. The number of aromatic nitrogens is 1. The molecule has 0 bridgehead atoms. The molecule has 1 amide bonds. The fourth-order valence-electron chi connectivity index (χ4n) is 2.44. The molecule has 0 saturated heterocycles. The summed E-state index contributed by atoms with van der Waals surface area (Å²) < 4.78 is 0. The van der Waals surface area contributed by atoms with E-state index < -0.39 is 6.10 Å². The highest BCUT2D eigenvalue weighted by Gasteiger charge is 2.17. The van der Waals surface area contributed by atoms with Crippen LogP contribution in [0, 0.1) is 0 Å². The van der Waals surface area contributed by atoms with Crippen molar-refractivity contribution in [1.82, 2.24) is 4.98 Å². The van der Waals surface area contributed by atoms with Gasteiger partial charge in [-0.25, -0.2) is 4.98 Å². The highest BCUT2D eigenvalue weighted by molar-refractivity contribution is 7.10. The molecule has 2 aromatic carbocycles. The Morgan fingerprint density at radius 1 is 1.04 bits per heavy atom. The van der Waals surface area contributed by atoms with Crippen LogP contribution < -0.4 is 5.32 Å². The number of carbonyl (C=O) groups excluding carboxylic acids is 1. The van der Waals surface area contributed by atoms with E-state index in [9.17, 15) is 9.90 Å². The Balaban J connectivity index is 1.70. The van der Waals surface area contributed by atoms with Gasteiger partial charge in [0.2, 0.25) is 0 Å². The van der Waals surface area contributed by atoms with Crippen molar-refractivity contribution in [1.29, 1.82) is 0 Å². The Bertz CT molecular complexity index is 842. The number of thiazole rings is 1. The molecule has 5 heteroatoms. The molecule has 0 fully saturated rings. The average molecular weight is 352 g/mol. The number of nitrogens with one attached hydrogen (secondary N) is 1. The van der Waals surface area contributed by atoms with Gasteiger partial charge in [-0.05, 0) is 29.2 Å². The van der Waals surface area contributed by atoms with Gasteiger partial charge in [-0.1, -0.05) is 56.3 Å². The van der Waals surface area contributed by atoms with Crippen molar-refractivity contribution in [2.24, 2.45) is 0 Å². The van der Waals surface area contributed by atoms with Gasteiger partial charge < -0.3 is 10.4 Å². The van der Waals surface area contributed by atoms with Gasteiger partial charge in [0.15, 0.2) is 0 Å². The van der Waals surface area contributed by atoms with Crippen molar-refractivity contribution in [2.45, 2.75) is 25.9 Å². The zero-order chi connectivity index (χ0) is 17.8. The number of amides is 1. The van der Waals surface area contributed by atoms with Gasteiger partial charge >= 0.3 is 0 Å². The summed E-state index contributed by atoms with van der Waals surface area (Å²) in [6, 6.07) is 17.1. The van der Waals surface area contributed by atoms with Gasteiger partial charge in [0.05, 0.1) is 0 Å². The summed E-state index contributed by atoms with van der Waals surface area (Å²) >= 11 is 1.28. The summed E-state index contributed by atoms with van der Waals surface area (Å²) in [4.78, 5) is 16.6. The standard InChI is InChI=1S/C20H20N2O2S/c1-13(2)14-8-10-16(11-9-14)21-19(24)17-12-25-20(22-17)18(23)15-6-4-3-5-7-15/h3-13,18,23H,1-2H3,(H,21,24). The molecule has 4 nitrogen and oxygen atoms in total. The van der Waals surface area contributed by atoms with Crippen molar-refractivity contribution in [3.05, 3.63) is 81.8 Å². The third kappa shape index (κ3) is 4.13. The Kier molecular flexibility index (Phi) is 5.26. The lowest BCUT2D eigenvalue weighted by Gasteiger charge is -2.08. The van der Waals surface area contributed by atoms with E-state index in [-0.39, 0.29) is 5.91 Å². The van der Waals surface area contributed by atoms with Gasteiger partial charge in [-0.15, -0.1) is 11.3 Å². The van der Waals surface area contributed by atoms with Crippen molar-refractivity contribution >= 4 is 22.9 Å². The minimum Gasteiger partial charge on any atom is -0.381 e. The third-order valence-corrected chi connectivity index (χ3v) is 4.84. The summed E-state index contributed by atoms with van der Waals surface area (Å²) in [7, 11) is 0. The Morgan fingerprint density at radius 3 is 2.36 bits per heavy atom. The van der Waals surface area contributed by atoms with Gasteiger partial charge in [0, 0.05) is 11.1 Å². The first-order valence-electron chi connectivity index (χ1n) is 8.14. The molecule has 0 aliphatic rings. The second-order valence-electron chi connectivity index (χ2n) is 6.12. The van der Waals surface area contributed by atoms with Crippen molar-refractivity contribution in [3.8, 4) is 0 Å². The van der Waals surface area contributed by atoms with Gasteiger partial charge in [-0.3, -0.25) is 4.79 Å². The summed E-state index contributed by atoms with van der Waals surface area (Å²) in [5, 5.41) is 15.4. The monoisotopic (exact) mass is 352 g/mol. The first kappa shape index (κ1) is 17.3. The molecule has 1 unspecified atom stereocenters. The highest BCUT2D eigenvalue weighted by Crippen LogP contribution is 2.25. The molecular formula is C20H20N2O2S. The molecule has 1 heterocycles. The predicted molar refractivity (Wildman–Crippen MR) is 101 cm³/mol. The second-order valence-corrected chi connectivity index (χ2v) is 7.00. The molecule has 0 saturated carbocycles. The van der Waals surface area contributed by atoms with E-state index in [1.807, 2.05) is 54.6 Å². The maximum absolute atomic E-state index is 12.4. The van der Waals surface area contributed by atoms with Crippen LogP contribution in [-0.4, -0.2) is 16.0 Å². The number of anilines is 1. The van der Waals surface area contributed by atoms with Crippen molar-refractivity contribution in [2.75, 3.05) is 5.32 Å². The van der Waals surface area contributed by atoms with Crippen LogP contribution in [0.4, 0.5) is 5.69 Å². The highest BCUT2D eigenvalue weighted by atomic mass is 32.1. The molecule has 1 atom stereocenters. The summed E-state index contributed by atoms with van der Waals surface area (Å²) in [6.07, 6.45) is -0.821. The van der Waals surface area contributed by atoms with E-state index in [1.54, 1.807) is 5.38 Å². The molecule has 3 rings (SSSR count). The number of aliphatic hydroxyl groups is 1. The van der Waals surface area contributed by atoms with Gasteiger partial charge in [-0.2, -0.15) is 0 Å². The van der Waals surface area contributed by atoms with Crippen LogP contribution in [-0.2, 0) is 0 Å². The lowest BCUT2D eigenvalue weighted by atomic mass is 10.0. The molecule has 3 aromatic rings. The Morgan fingerprint density at radius 2 is 1.72 bits per heavy atom. The summed E-state index contributed by atoms with van der Waals surface area (Å²) in [5.74, 6) is 0.172. The molecule has 0 radical (unpaired) electrons. The molecule has 128 valence electrons. The molecule has 0 spiro atoms. The van der Waals surface area contributed by atoms with Crippen LogP contribution in [0.1, 0.15) is 52.5 Å². The predicted octanol–water partition coefficient (Wildman–Crippen LogP) is 4.60. The van der Waals surface area contributed by atoms with Crippen LogP contribution in [0.3, 0.4) is 0 Å². The number of aliphatic hydroxyl groups excluding tert-OH is 1. The smallest absolute Gasteiger partial charge is 0.275 e. The normalized spacial score (nSPS) is 12.2. The largest absolute Gasteiger partial charge is 0.381 e. The number of rotatable bonds is 5. The average Bonchev–Trinajstić information content (AvgIpc) is 3.12. The van der Waals surface area contributed by atoms with E-state index in [0.717, 1.165) is 11.3 Å². The SMILES string of the molecule is CC(C)c1ccc(NC(=O)c2csc(C(O)c3ccccc3)n2)cc1. The molecular weight excluding hydrogens is 332 g/mol. The third-order valence-electron chi connectivity index (χ3n) is 3.94. The molecule has 0 aliphatic heterocycles. The van der Waals surface area contributed by atoms with Crippen LogP contribution in [0.25, 0.3) is 0 Å². The Labute approximate surface area is 151 Å². The fourth-order valence-corrected chi connectivity index (χ4v) is 3.25. The zero-order valence-corrected chi connectivity index (χ0v) is 15.0. The number of nitrogens with zero attached hydrogens (tertiary/aromatic N) is 1. The van der Waals surface area contributed by atoms with E-state index in [2.05, 4.69) is 24.1 Å². The lowest BCUT2D eigenvalue weighted by molar-refractivity contribution is 0.102.